The van der Waals surface area contributed by atoms with E-state index in [1.165, 1.54) is 23.0 Å². The number of anilines is 1. The van der Waals surface area contributed by atoms with E-state index in [1.807, 2.05) is 0 Å². The molecule has 18 heavy (non-hydrogen) atoms. The van der Waals surface area contributed by atoms with E-state index in [0.717, 1.165) is 0 Å². The molecule has 1 atom stereocenters. The number of rotatable bonds is 3. The van der Waals surface area contributed by atoms with Crippen LogP contribution in [0.3, 0.4) is 0 Å². The lowest BCUT2D eigenvalue weighted by atomic mass is 10.4. The summed E-state index contributed by atoms with van der Waals surface area (Å²) < 4.78 is 22.4. The number of nitrogens with zero attached hydrogens (tertiary/aromatic N) is 4. The average molecular weight is 289 g/mol. The van der Waals surface area contributed by atoms with Crippen LogP contribution in [0.5, 0.6) is 0 Å². The molecule has 0 aliphatic carbocycles. The molecule has 2 heterocycles. The number of thioether (sulfide) groups is 1. The van der Waals surface area contributed by atoms with Crippen molar-refractivity contribution in [2.75, 3.05) is 17.7 Å². The molecule has 0 saturated carbocycles. The molecular formula is C8H11N5O3S2. The highest BCUT2D eigenvalue weighted by Gasteiger charge is 2.38. The van der Waals surface area contributed by atoms with Gasteiger partial charge in [-0.1, -0.05) is 11.8 Å². The van der Waals surface area contributed by atoms with Crippen LogP contribution in [0.4, 0.5) is 5.95 Å². The molecule has 1 aliphatic rings. The van der Waals surface area contributed by atoms with E-state index in [9.17, 15) is 13.2 Å². The number of aromatic nitrogens is 3. The first kappa shape index (κ1) is 13.2. The number of amides is 1. The van der Waals surface area contributed by atoms with Crippen LogP contribution in [-0.4, -0.2) is 47.3 Å². The molecular weight excluding hydrogens is 278 g/mol. The Morgan fingerprint density at radius 3 is 2.78 bits per heavy atom. The summed E-state index contributed by atoms with van der Waals surface area (Å²) in [4.78, 5) is 24.8. The van der Waals surface area contributed by atoms with Crippen LogP contribution in [-0.2, 0) is 14.8 Å². The van der Waals surface area contributed by atoms with Crippen molar-refractivity contribution in [3.05, 3.63) is 6.33 Å². The lowest BCUT2D eigenvalue weighted by Gasteiger charge is -2.13. The fraction of sp³-hybridized carbons (Fsp3) is 0.500. The molecule has 1 fully saturated rings. The largest absolute Gasteiger partial charge is 0.279 e. The van der Waals surface area contributed by atoms with E-state index >= 15 is 0 Å². The fourth-order valence-electron chi connectivity index (χ4n) is 1.59. The van der Waals surface area contributed by atoms with Gasteiger partial charge in [-0.05, 0) is 6.26 Å². The Morgan fingerprint density at radius 1 is 1.50 bits per heavy atom. The Hall–Kier alpha value is -1.26. The summed E-state index contributed by atoms with van der Waals surface area (Å²) >= 11 is 1.31. The molecule has 0 aromatic carbocycles. The molecule has 98 valence electrons. The van der Waals surface area contributed by atoms with Gasteiger partial charge in [0, 0.05) is 13.0 Å². The minimum Gasteiger partial charge on any atom is -0.279 e. The Balaban J connectivity index is 2.27. The smallest absolute Gasteiger partial charge is 0.236 e. The molecule has 1 aliphatic heterocycles. The maximum absolute atomic E-state index is 11.7. The highest BCUT2D eigenvalue weighted by Crippen LogP contribution is 2.21. The third-order valence-corrected chi connectivity index (χ3v) is 4.32. The van der Waals surface area contributed by atoms with Crippen LogP contribution >= 0.6 is 11.8 Å². The van der Waals surface area contributed by atoms with Crippen molar-refractivity contribution in [2.24, 2.45) is 5.14 Å². The average Bonchev–Trinajstić information content (AvgIpc) is 2.71. The molecule has 2 N–H and O–H groups in total. The summed E-state index contributed by atoms with van der Waals surface area (Å²) in [5.41, 5.74) is 0. The van der Waals surface area contributed by atoms with Gasteiger partial charge in [0.05, 0.1) is 0 Å². The molecule has 2 rings (SSSR count). The predicted octanol–water partition coefficient (Wildman–Crippen LogP) is -1.01. The third-order valence-electron chi connectivity index (χ3n) is 2.52. The van der Waals surface area contributed by atoms with Gasteiger partial charge < -0.3 is 0 Å². The quantitative estimate of drug-likeness (QED) is 0.708. The summed E-state index contributed by atoms with van der Waals surface area (Å²) in [5, 5.41) is 4.60. The topological polar surface area (TPSA) is 119 Å². The number of hydrogen-bond acceptors (Lipinski definition) is 7. The van der Waals surface area contributed by atoms with Gasteiger partial charge in [-0.25, -0.2) is 23.5 Å². The van der Waals surface area contributed by atoms with E-state index in [0.29, 0.717) is 5.16 Å². The first-order valence-electron chi connectivity index (χ1n) is 4.97. The number of primary sulfonamides is 1. The number of carbonyl (C=O) groups excluding carboxylic acids is 1. The molecule has 0 bridgehead atoms. The second kappa shape index (κ2) is 4.78. The van der Waals surface area contributed by atoms with Gasteiger partial charge in [-0.15, -0.1) is 0 Å². The normalized spacial score (nSPS) is 20.4. The molecule has 0 spiro atoms. The Labute approximate surface area is 108 Å². The van der Waals surface area contributed by atoms with Gasteiger partial charge in [-0.3, -0.25) is 9.69 Å². The number of hydrogen-bond donors (Lipinski definition) is 1. The number of carbonyl (C=O) groups is 1. The number of sulfonamides is 1. The van der Waals surface area contributed by atoms with Gasteiger partial charge in [0.25, 0.3) is 0 Å². The van der Waals surface area contributed by atoms with Crippen molar-refractivity contribution in [3.8, 4) is 0 Å². The van der Waals surface area contributed by atoms with E-state index in [1.54, 1.807) is 6.26 Å². The predicted molar refractivity (Wildman–Crippen MR) is 65.5 cm³/mol. The summed E-state index contributed by atoms with van der Waals surface area (Å²) in [6.45, 7) is -0.0184. The summed E-state index contributed by atoms with van der Waals surface area (Å²) in [7, 11) is -3.73. The number of nitrogens with two attached hydrogens (primary N) is 1. The van der Waals surface area contributed by atoms with Gasteiger partial charge in [-0.2, -0.15) is 4.98 Å². The van der Waals surface area contributed by atoms with Crippen LogP contribution < -0.4 is 10.0 Å². The Bertz CT molecular complexity index is 576. The maximum Gasteiger partial charge on any atom is 0.236 e. The van der Waals surface area contributed by atoms with Crippen LogP contribution in [0.2, 0.25) is 0 Å². The van der Waals surface area contributed by atoms with Gasteiger partial charge in [0.15, 0.2) is 5.16 Å². The van der Waals surface area contributed by atoms with Crippen molar-refractivity contribution in [2.45, 2.75) is 16.8 Å². The van der Waals surface area contributed by atoms with E-state index in [2.05, 4.69) is 15.0 Å². The Kier molecular flexibility index (Phi) is 3.50. The molecule has 10 heteroatoms. The lowest BCUT2D eigenvalue weighted by molar-refractivity contribution is -0.117. The van der Waals surface area contributed by atoms with Crippen molar-refractivity contribution in [3.63, 3.8) is 0 Å². The van der Waals surface area contributed by atoms with E-state index in [-0.39, 0.29) is 24.8 Å². The molecule has 1 saturated heterocycles. The van der Waals surface area contributed by atoms with Crippen molar-refractivity contribution >= 4 is 33.6 Å². The molecule has 8 nitrogen and oxygen atoms in total. The molecule has 1 aromatic rings. The summed E-state index contributed by atoms with van der Waals surface area (Å²) in [6.07, 6.45) is 2.93. The van der Waals surface area contributed by atoms with Gasteiger partial charge >= 0.3 is 0 Å². The van der Waals surface area contributed by atoms with Gasteiger partial charge in [0.1, 0.15) is 11.6 Å². The second-order valence-corrected chi connectivity index (χ2v) is 6.31. The van der Waals surface area contributed by atoms with E-state index in [4.69, 9.17) is 5.14 Å². The zero-order chi connectivity index (χ0) is 13.3. The second-order valence-electron chi connectivity index (χ2n) is 3.69. The highest BCUT2D eigenvalue weighted by molar-refractivity contribution is 7.98. The fourth-order valence-corrected chi connectivity index (χ4v) is 2.65. The summed E-state index contributed by atoms with van der Waals surface area (Å²) in [6, 6.07) is 0. The molecule has 1 aromatic heterocycles. The standard InChI is InChI=1S/C8H11N5O3S2/c1-17-8-11-4-10-7(12-8)13-3-5(2-6(13)14)18(9,15)16/h4-5H,2-3H2,1H3,(H2,9,15,16). The van der Waals surface area contributed by atoms with Crippen LogP contribution in [0.1, 0.15) is 6.42 Å². The minimum absolute atomic E-state index is 0.0184. The Morgan fingerprint density at radius 2 is 2.22 bits per heavy atom. The van der Waals surface area contributed by atoms with Crippen LogP contribution in [0.15, 0.2) is 11.5 Å². The van der Waals surface area contributed by atoms with E-state index < -0.39 is 15.3 Å². The first-order chi connectivity index (χ1) is 8.41. The van der Waals surface area contributed by atoms with Gasteiger partial charge in [0.2, 0.25) is 21.9 Å². The zero-order valence-electron chi connectivity index (χ0n) is 9.48. The lowest BCUT2D eigenvalue weighted by Crippen LogP contribution is -2.32. The first-order valence-corrected chi connectivity index (χ1v) is 7.80. The van der Waals surface area contributed by atoms with Crippen LogP contribution in [0.25, 0.3) is 0 Å². The monoisotopic (exact) mass is 289 g/mol. The maximum atomic E-state index is 11.7. The third kappa shape index (κ3) is 2.60. The van der Waals surface area contributed by atoms with Crippen LogP contribution in [0, 0.1) is 0 Å². The van der Waals surface area contributed by atoms with Crippen molar-refractivity contribution in [1.82, 2.24) is 15.0 Å². The minimum atomic E-state index is -3.73. The molecule has 0 radical (unpaired) electrons. The SMILES string of the molecule is CSc1ncnc(N2CC(S(N)(=O)=O)CC2=O)n1. The zero-order valence-corrected chi connectivity index (χ0v) is 11.1. The van der Waals surface area contributed by atoms with Crippen molar-refractivity contribution < 1.29 is 13.2 Å². The highest BCUT2D eigenvalue weighted by atomic mass is 32.2. The summed E-state index contributed by atoms with van der Waals surface area (Å²) in [5.74, 6) is -0.197. The van der Waals surface area contributed by atoms with Crippen molar-refractivity contribution in [1.29, 1.82) is 0 Å². The molecule has 1 unspecified atom stereocenters. The molecule has 1 amide bonds.